The van der Waals surface area contributed by atoms with Crippen molar-refractivity contribution in [2.24, 2.45) is 5.16 Å². The van der Waals surface area contributed by atoms with Gasteiger partial charge in [0.15, 0.2) is 5.71 Å². The molecular formula is C21H18F9NO4S. The maximum absolute atomic E-state index is 14.2. The number of hydrogen-bond donors (Lipinski definition) is 0. The van der Waals surface area contributed by atoms with Crippen LogP contribution in [0.15, 0.2) is 59.8 Å². The lowest BCUT2D eigenvalue weighted by Gasteiger charge is -2.29. The van der Waals surface area contributed by atoms with Crippen LogP contribution in [-0.4, -0.2) is 37.6 Å². The summed E-state index contributed by atoms with van der Waals surface area (Å²) in [5, 5.41) is -4.76. The van der Waals surface area contributed by atoms with Crippen molar-refractivity contribution in [3.63, 3.8) is 0 Å². The van der Waals surface area contributed by atoms with Crippen molar-refractivity contribution in [2.75, 3.05) is 0 Å². The molecule has 0 heterocycles. The number of hydrogen-bond acceptors (Lipinski definition) is 5. The van der Waals surface area contributed by atoms with Gasteiger partial charge in [-0.05, 0) is 30.0 Å². The second-order valence-corrected chi connectivity index (χ2v) is 9.01. The van der Waals surface area contributed by atoms with E-state index in [1.807, 2.05) is 12.1 Å². The molecule has 0 amide bonds. The molecule has 0 aliphatic rings. The zero-order valence-corrected chi connectivity index (χ0v) is 19.2. The molecule has 0 saturated heterocycles. The van der Waals surface area contributed by atoms with E-state index in [1.54, 1.807) is 6.92 Å². The molecule has 1 atom stereocenters. The van der Waals surface area contributed by atoms with Gasteiger partial charge >= 0.3 is 33.6 Å². The Morgan fingerprint density at radius 3 is 1.89 bits per heavy atom. The second-order valence-electron chi connectivity index (χ2n) is 7.42. The Hall–Kier alpha value is -2.97. The molecule has 0 fully saturated rings. The Balaban J connectivity index is 2.36. The SMILES string of the molecule is CCC(C)c1ccc(OS(=O)(=O)C(F)(F)C(F)(F)C(F)(F)ON=C(c2ccccc2)C(F)(F)F)cc1. The van der Waals surface area contributed by atoms with Crippen LogP contribution >= 0.6 is 0 Å². The van der Waals surface area contributed by atoms with Crippen LogP contribution in [0.25, 0.3) is 0 Å². The summed E-state index contributed by atoms with van der Waals surface area (Å²) in [7, 11) is -6.83. The van der Waals surface area contributed by atoms with Crippen LogP contribution in [0.3, 0.4) is 0 Å². The number of nitrogens with zero attached hydrogens (tertiary/aromatic N) is 1. The summed E-state index contributed by atoms with van der Waals surface area (Å²) in [4.78, 5) is 2.91. The van der Waals surface area contributed by atoms with Gasteiger partial charge in [-0.3, -0.25) is 0 Å². The van der Waals surface area contributed by atoms with Crippen molar-refractivity contribution in [1.82, 2.24) is 0 Å². The van der Waals surface area contributed by atoms with Crippen molar-refractivity contribution in [3.8, 4) is 5.75 Å². The molecule has 0 bridgehead atoms. The molecule has 0 aromatic heterocycles. The van der Waals surface area contributed by atoms with Crippen LogP contribution in [0.5, 0.6) is 5.75 Å². The predicted octanol–water partition coefficient (Wildman–Crippen LogP) is 6.71. The Morgan fingerprint density at radius 1 is 0.889 bits per heavy atom. The van der Waals surface area contributed by atoms with Crippen LogP contribution in [-0.2, 0) is 15.0 Å². The maximum Gasteiger partial charge on any atom is 0.491 e. The highest BCUT2D eigenvalue weighted by atomic mass is 32.2. The third-order valence-electron chi connectivity index (χ3n) is 4.88. The summed E-state index contributed by atoms with van der Waals surface area (Å²) in [6, 6.07) is 8.80. The minimum atomic E-state index is -6.92. The molecule has 2 rings (SSSR count). The average molecular weight is 551 g/mol. The molecule has 2 aromatic rings. The van der Waals surface area contributed by atoms with E-state index in [9.17, 15) is 47.9 Å². The molecule has 0 radical (unpaired) electrons. The summed E-state index contributed by atoms with van der Waals surface area (Å²) >= 11 is 0. The van der Waals surface area contributed by atoms with E-state index < -0.39 is 50.6 Å². The topological polar surface area (TPSA) is 65.0 Å². The third-order valence-corrected chi connectivity index (χ3v) is 6.18. The van der Waals surface area contributed by atoms with Crippen molar-refractivity contribution in [3.05, 3.63) is 65.7 Å². The van der Waals surface area contributed by atoms with Gasteiger partial charge in [-0.2, -0.15) is 47.9 Å². The van der Waals surface area contributed by atoms with E-state index in [0.717, 1.165) is 24.3 Å². The van der Waals surface area contributed by atoms with Gasteiger partial charge in [0.1, 0.15) is 5.75 Å². The van der Waals surface area contributed by atoms with Crippen molar-refractivity contribution in [1.29, 1.82) is 0 Å². The number of benzene rings is 2. The Bertz CT molecular complexity index is 1170. The normalized spacial score (nSPS) is 14.9. The minimum Gasteiger partial charge on any atom is -0.378 e. The Morgan fingerprint density at radius 2 is 1.42 bits per heavy atom. The number of rotatable bonds is 10. The highest BCUT2D eigenvalue weighted by Crippen LogP contribution is 2.49. The van der Waals surface area contributed by atoms with Gasteiger partial charge in [0.05, 0.1) is 0 Å². The molecule has 5 nitrogen and oxygen atoms in total. The monoisotopic (exact) mass is 551 g/mol. The van der Waals surface area contributed by atoms with E-state index in [0.29, 0.717) is 24.1 Å². The zero-order chi connectivity index (χ0) is 27.6. The van der Waals surface area contributed by atoms with Gasteiger partial charge in [-0.25, -0.2) is 0 Å². The lowest BCUT2D eigenvalue weighted by atomic mass is 9.99. The van der Waals surface area contributed by atoms with Crippen LogP contribution in [0, 0.1) is 0 Å². The lowest BCUT2D eigenvalue weighted by molar-refractivity contribution is -0.383. The molecule has 0 N–H and O–H groups in total. The van der Waals surface area contributed by atoms with E-state index in [-0.39, 0.29) is 5.92 Å². The predicted molar refractivity (Wildman–Crippen MR) is 110 cm³/mol. The van der Waals surface area contributed by atoms with Gasteiger partial charge < -0.3 is 9.02 Å². The van der Waals surface area contributed by atoms with Crippen LogP contribution < -0.4 is 4.18 Å². The molecular weight excluding hydrogens is 533 g/mol. The summed E-state index contributed by atoms with van der Waals surface area (Å²) in [5.41, 5.74) is -2.58. The molecule has 1 unspecified atom stereocenters. The van der Waals surface area contributed by atoms with Crippen LogP contribution in [0.4, 0.5) is 39.5 Å². The average Bonchev–Trinajstić information content (AvgIpc) is 2.78. The van der Waals surface area contributed by atoms with Gasteiger partial charge in [-0.15, -0.1) is 0 Å². The smallest absolute Gasteiger partial charge is 0.378 e. The minimum absolute atomic E-state index is 0.0460. The van der Waals surface area contributed by atoms with Crippen LogP contribution in [0.1, 0.15) is 37.3 Å². The first-order valence-corrected chi connectivity index (χ1v) is 11.3. The third kappa shape index (κ3) is 5.87. The molecule has 200 valence electrons. The van der Waals surface area contributed by atoms with Crippen molar-refractivity contribution >= 4 is 15.8 Å². The standard InChI is InChI=1S/C21H18F9NO4S/c1-3-13(2)14-9-11-16(12-10-14)34-36(32,33)21(29,30)19(25,26)20(27,28)35-31-17(18(22,23)24)15-7-5-4-6-8-15/h4-13H,3H2,1-2H3. The molecule has 0 spiro atoms. The zero-order valence-electron chi connectivity index (χ0n) is 18.4. The summed E-state index contributed by atoms with van der Waals surface area (Å²) in [6.45, 7) is 3.58. The van der Waals surface area contributed by atoms with E-state index in [1.165, 1.54) is 18.2 Å². The van der Waals surface area contributed by atoms with Gasteiger partial charge in [-0.1, -0.05) is 61.5 Å². The quantitative estimate of drug-likeness (QED) is 0.143. The molecule has 2 aromatic carbocycles. The number of halogens is 9. The summed E-state index contributed by atoms with van der Waals surface area (Å²) in [5.74, 6) is -7.87. The maximum atomic E-state index is 14.2. The van der Waals surface area contributed by atoms with E-state index >= 15 is 0 Å². The fourth-order valence-electron chi connectivity index (χ4n) is 2.62. The number of oxime groups is 1. The van der Waals surface area contributed by atoms with Crippen LogP contribution in [0.2, 0.25) is 0 Å². The summed E-state index contributed by atoms with van der Waals surface area (Å²) in [6.07, 6.45) is -11.4. The Labute approximate surface area is 199 Å². The van der Waals surface area contributed by atoms with Gasteiger partial charge in [0.25, 0.3) is 0 Å². The molecule has 0 saturated carbocycles. The first-order chi connectivity index (χ1) is 16.4. The Kier molecular flexibility index (Phi) is 8.28. The number of alkyl halides is 9. The fourth-order valence-corrected chi connectivity index (χ4v) is 3.52. The van der Waals surface area contributed by atoms with Gasteiger partial charge in [0, 0.05) is 5.56 Å². The van der Waals surface area contributed by atoms with E-state index in [2.05, 4.69) is 9.02 Å². The molecule has 0 aliphatic carbocycles. The van der Waals surface area contributed by atoms with Crippen molar-refractivity contribution in [2.45, 2.75) is 49.6 Å². The highest BCUT2D eigenvalue weighted by molar-refractivity contribution is 7.88. The fraction of sp³-hybridized carbons (Fsp3) is 0.381. The molecule has 36 heavy (non-hydrogen) atoms. The largest absolute Gasteiger partial charge is 0.491 e. The second kappa shape index (κ2) is 10.2. The first kappa shape index (κ1) is 29.3. The van der Waals surface area contributed by atoms with E-state index in [4.69, 9.17) is 0 Å². The molecule has 15 heteroatoms. The summed E-state index contributed by atoms with van der Waals surface area (Å²) < 4.78 is 152. The van der Waals surface area contributed by atoms with Gasteiger partial charge in [0.2, 0.25) is 0 Å². The highest BCUT2D eigenvalue weighted by Gasteiger charge is 2.81. The first-order valence-electron chi connectivity index (χ1n) is 9.93. The molecule has 0 aliphatic heterocycles. The lowest BCUT2D eigenvalue weighted by Crippen LogP contribution is -2.59. The van der Waals surface area contributed by atoms with Crippen molar-refractivity contribution < 1.29 is 57.0 Å².